The second-order valence-electron chi connectivity index (χ2n) is 6.77. The highest BCUT2D eigenvalue weighted by molar-refractivity contribution is 7.80. The smallest absolute Gasteiger partial charge is 0.257 e. The number of hydrogen-bond acceptors (Lipinski definition) is 4. The summed E-state index contributed by atoms with van der Waals surface area (Å²) in [6, 6.07) is 14.5. The van der Waals surface area contributed by atoms with E-state index in [9.17, 15) is 9.59 Å². The van der Waals surface area contributed by atoms with Crippen LogP contribution in [-0.2, 0) is 11.2 Å². The fraction of sp³-hybridized carbons (Fsp3) is 0.318. The van der Waals surface area contributed by atoms with Gasteiger partial charge in [0.1, 0.15) is 5.75 Å². The second-order valence-corrected chi connectivity index (χ2v) is 7.18. The number of thiocarbonyl (C=S) groups is 1. The molecule has 2 rings (SSSR count). The summed E-state index contributed by atoms with van der Waals surface area (Å²) < 4.78 is 5.52. The molecule has 2 N–H and O–H groups in total. The minimum atomic E-state index is -0.294. The van der Waals surface area contributed by atoms with Crippen LogP contribution < -0.4 is 15.4 Å². The SMILES string of the molecule is CCCOc1ccc(C(=O)NC(=S)Nc2cccc(CCC(=O)N(C)C)c2)cc1. The summed E-state index contributed by atoms with van der Waals surface area (Å²) in [4.78, 5) is 25.7. The van der Waals surface area contributed by atoms with E-state index in [-0.39, 0.29) is 16.9 Å². The monoisotopic (exact) mass is 413 g/mol. The molecule has 2 aromatic carbocycles. The van der Waals surface area contributed by atoms with Crippen LogP contribution in [0, 0.1) is 0 Å². The van der Waals surface area contributed by atoms with Crippen LogP contribution in [0.1, 0.15) is 35.7 Å². The predicted molar refractivity (Wildman–Crippen MR) is 119 cm³/mol. The fourth-order valence-corrected chi connectivity index (χ4v) is 2.75. The molecule has 0 aliphatic heterocycles. The van der Waals surface area contributed by atoms with Crippen molar-refractivity contribution >= 4 is 34.8 Å². The number of carbonyl (C=O) groups excluding carboxylic acids is 2. The van der Waals surface area contributed by atoms with Crippen LogP contribution in [0.5, 0.6) is 5.75 Å². The van der Waals surface area contributed by atoms with Gasteiger partial charge < -0.3 is 15.0 Å². The van der Waals surface area contributed by atoms with E-state index in [4.69, 9.17) is 17.0 Å². The number of hydrogen-bond donors (Lipinski definition) is 2. The third kappa shape index (κ3) is 7.54. The Morgan fingerprint density at radius 1 is 1.10 bits per heavy atom. The Kier molecular flexibility index (Phi) is 8.61. The lowest BCUT2D eigenvalue weighted by Crippen LogP contribution is -2.34. The maximum atomic E-state index is 12.4. The average molecular weight is 414 g/mol. The molecule has 0 unspecified atom stereocenters. The van der Waals surface area contributed by atoms with Gasteiger partial charge in [-0.05, 0) is 67.0 Å². The molecule has 0 aliphatic carbocycles. The Labute approximate surface area is 177 Å². The van der Waals surface area contributed by atoms with Crippen LogP contribution in [0.2, 0.25) is 0 Å². The summed E-state index contributed by atoms with van der Waals surface area (Å²) in [5.41, 5.74) is 2.27. The number of benzene rings is 2. The Morgan fingerprint density at radius 2 is 1.83 bits per heavy atom. The van der Waals surface area contributed by atoms with E-state index in [1.807, 2.05) is 31.2 Å². The van der Waals surface area contributed by atoms with E-state index in [1.54, 1.807) is 43.3 Å². The van der Waals surface area contributed by atoms with E-state index in [2.05, 4.69) is 10.6 Å². The predicted octanol–water partition coefficient (Wildman–Crippen LogP) is 3.62. The normalized spacial score (nSPS) is 10.2. The lowest BCUT2D eigenvalue weighted by molar-refractivity contribution is -0.128. The van der Waals surface area contributed by atoms with Crippen molar-refractivity contribution < 1.29 is 14.3 Å². The number of rotatable bonds is 8. The number of ether oxygens (including phenoxy) is 1. The summed E-state index contributed by atoms with van der Waals surface area (Å²) >= 11 is 5.25. The molecule has 6 nitrogen and oxygen atoms in total. The molecule has 0 saturated carbocycles. The van der Waals surface area contributed by atoms with E-state index in [0.717, 1.165) is 23.4 Å². The van der Waals surface area contributed by atoms with Gasteiger partial charge in [-0.3, -0.25) is 14.9 Å². The van der Waals surface area contributed by atoms with Crippen molar-refractivity contribution in [2.45, 2.75) is 26.2 Å². The number of nitrogens with one attached hydrogen (secondary N) is 2. The van der Waals surface area contributed by atoms with Crippen LogP contribution in [0.4, 0.5) is 5.69 Å². The number of anilines is 1. The first-order valence-electron chi connectivity index (χ1n) is 9.53. The van der Waals surface area contributed by atoms with Crippen LogP contribution >= 0.6 is 12.2 Å². The highest BCUT2D eigenvalue weighted by Crippen LogP contribution is 2.14. The second kappa shape index (κ2) is 11.2. The van der Waals surface area contributed by atoms with Gasteiger partial charge in [-0.2, -0.15) is 0 Å². The molecule has 0 heterocycles. The standard InChI is InChI=1S/C22H27N3O3S/c1-4-14-28-19-11-9-17(10-12-19)21(27)24-22(29)23-18-7-5-6-16(15-18)8-13-20(26)25(2)3/h5-7,9-12,15H,4,8,13-14H2,1-3H3,(H2,23,24,27,29). The molecule has 29 heavy (non-hydrogen) atoms. The molecular weight excluding hydrogens is 386 g/mol. The summed E-state index contributed by atoms with van der Waals surface area (Å²) in [5.74, 6) is 0.517. The molecule has 0 saturated heterocycles. The molecule has 0 aliphatic rings. The van der Waals surface area contributed by atoms with Crippen molar-refractivity contribution in [1.82, 2.24) is 10.2 Å². The largest absolute Gasteiger partial charge is 0.494 e. The van der Waals surface area contributed by atoms with Crippen molar-refractivity contribution in [3.05, 3.63) is 59.7 Å². The highest BCUT2D eigenvalue weighted by Gasteiger charge is 2.09. The van der Waals surface area contributed by atoms with E-state index >= 15 is 0 Å². The first-order chi connectivity index (χ1) is 13.9. The third-order valence-electron chi connectivity index (χ3n) is 4.13. The van der Waals surface area contributed by atoms with Gasteiger partial charge in [0, 0.05) is 31.8 Å². The average Bonchev–Trinajstić information content (AvgIpc) is 2.70. The van der Waals surface area contributed by atoms with Gasteiger partial charge in [-0.25, -0.2) is 0 Å². The van der Waals surface area contributed by atoms with Gasteiger partial charge in [-0.15, -0.1) is 0 Å². The zero-order chi connectivity index (χ0) is 21.2. The van der Waals surface area contributed by atoms with Crippen LogP contribution in [0.25, 0.3) is 0 Å². The van der Waals surface area contributed by atoms with Gasteiger partial charge in [0.05, 0.1) is 6.61 Å². The van der Waals surface area contributed by atoms with Crippen molar-refractivity contribution in [2.24, 2.45) is 0 Å². The van der Waals surface area contributed by atoms with Crippen LogP contribution in [0.15, 0.2) is 48.5 Å². The summed E-state index contributed by atoms with van der Waals surface area (Å²) in [6.07, 6.45) is 2.00. The minimum Gasteiger partial charge on any atom is -0.494 e. The first kappa shape index (κ1) is 22.4. The number of nitrogens with zero attached hydrogens (tertiary/aromatic N) is 1. The maximum absolute atomic E-state index is 12.4. The molecule has 0 fully saturated rings. The summed E-state index contributed by atoms with van der Waals surface area (Å²) in [7, 11) is 3.49. The molecule has 0 radical (unpaired) electrons. The van der Waals surface area contributed by atoms with Gasteiger partial charge >= 0.3 is 0 Å². The van der Waals surface area contributed by atoms with Gasteiger partial charge in [0.2, 0.25) is 5.91 Å². The van der Waals surface area contributed by atoms with E-state index in [1.165, 1.54) is 0 Å². The Morgan fingerprint density at radius 3 is 2.48 bits per heavy atom. The van der Waals surface area contributed by atoms with E-state index in [0.29, 0.717) is 25.0 Å². The first-order valence-corrected chi connectivity index (χ1v) is 9.94. The molecule has 0 atom stereocenters. The molecule has 154 valence electrons. The highest BCUT2D eigenvalue weighted by atomic mass is 32.1. The van der Waals surface area contributed by atoms with Crippen molar-refractivity contribution in [1.29, 1.82) is 0 Å². The summed E-state index contributed by atoms with van der Waals surface area (Å²) in [6.45, 7) is 2.68. The number of carbonyl (C=O) groups is 2. The topological polar surface area (TPSA) is 70.7 Å². The van der Waals surface area contributed by atoms with Gasteiger partial charge in [-0.1, -0.05) is 19.1 Å². The molecule has 0 bridgehead atoms. The van der Waals surface area contributed by atoms with Crippen molar-refractivity contribution in [3.8, 4) is 5.75 Å². The Hall–Kier alpha value is -2.93. The zero-order valence-corrected chi connectivity index (χ0v) is 17.8. The molecule has 2 amide bonds. The fourth-order valence-electron chi connectivity index (χ4n) is 2.54. The van der Waals surface area contributed by atoms with E-state index < -0.39 is 0 Å². The molecular formula is C22H27N3O3S. The zero-order valence-electron chi connectivity index (χ0n) is 17.0. The molecule has 0 spiro atoms. The third-order valence-corrected chi connectivity index (χ3v) is 4.33. The Balaban J connectivity index is 1.89. The van der Waals surface area contributed by atoms with Crippen molar-refractivity contribution in [2.75, 3.05) is 26.0 Å². The van der Waals surface area contributed by atoms with Gasteiger partial charge in [0.25, 0.3) is 5.91 Å². The minimum absolute atomic E-state index is 0.0808. The molecule has 0 aromatic heterocycles. The lowest BCUT2D eigenvalue weighted by Gasteiger charge is -2.12. The summed E-state index contributed by atoms with van der Waals surface area (Å²) in [5, 5.41) is 5.89. The van der Waals surface area contributed by atoms with Crippen LogP contribution in [0.3, 0.4) is 0 Å². The van der Waals surface area contributed by atoms with Crippen LogP contribution in [-0.4, -0.2) is 42.5 Å². The van der Waals surface area contributed by atoms with Crippen molar-refractivity contribution in [3.63, 3.8) is 0 Å². The molecule has 7 heteroatoms. The molecule has 2 aromatic rings. The maximum Gasteiger partial charge on any atom is 0.257 e. The Bertz CT molecular complexity index is 851. The number of amides is 2. The lowest BCUT2D eigenvalue weighted by atomic mass is 10.1. The number of aryl methyl sites for hydroxylation is 1. The van der Waals surface area contributed by atoms with Gasteiger partial charge in [0.15, 0.2) is 5.11 Å². The quantitative estimate of drug-likeness (QED) is 0.647.